The van der Waals surface area contributed by atoms with Crippen molar-refractivity contribution in [3.63, 3.8) is 0 Å². The van der Waals surface area contributed by atoms with Crippen molar-refractivity contribution in [2.75, 3.05) is 6.61 Å². The highest BCUT2D eigenvalue weighted by Gasteiger charge is 2.09. The van der Waals surface area contributed by atoms with Gasteiger partial charge in [0.25, 0.3) is 0 Å². The lowest BCUT2D eigenvalue weighted by molar-refractivity contribution is 0.323. The number of aromatic amines is 1. The number of aromatic nitrogens is 2. The summed E-state index contributed by atoms with van der Waals surface area (Å²) in [7, 11) is 0. The van der Waals surface area contributed by atoms with E-state index < -0.39 is 0 Å². The molecular formula is C19H20N2O2. The number of phenols is 1. The number of nitrogens with zero attached hydrogens (tertiary/aromatic N) is 1. The molecule has 2 aromatic carbocycles. The SMILES string of the molecule is Cc1n[nH]c(C)c1CCOc1ccccc1-c1cccc(O)c1. The average molecular weight is 308 g/mol. The molecule has 0 amide bonds. The maximum absolute atomic E-state index is 9.68. The van der Waals surface area contributed by atoms with Crippen LogP contribution in [-0.4, -0.2) is 21.9 Å². The van der Waals surface area contributed by atoms with E-state index in [1.165, 1.54) is 5.56 Å². The fourth-order valence-electron chi connectivity index (χ4n) is 2.71. The molecule has 0 fully saturated rings. The van der Waals surface area contributed by atoms with Gasteiger partial charge in [-0.2, -0.15) is 5.10 Å². The fraction of sp³-hybridized carbons (Fsp3) is 0.211. The minimum atomic E-state index is 0.252. The topological polar surface area (TPSA) is 58.1 Å². The van der Waals surface area contributed by atoms with Crippen LogP contribution in [0.1, 0.15) is 17.0 Å². The molecule has 23 heavy (non-hydrogen) atoms. The molecule has 1 aromatic heterocycles. The first kappa shape index (κ1) is 15.2. The van der Waals surface area contributed by atoms with Gasteiger partial charge in [0.15, 0.2) is 0 Å². The number of para-hydroxylation sites is 1. The highest BCUT2D eigenvalue weighted by atomic mass is 16.5. The number of rotatable bonds is 5. The lowest BCUT2D eigenvalue weighted by Gasteiger charge is -2.12. The van der Waals surface area contributed by atoms with Crippen LogP contribution in [0, 0.1) is 13.8 Å². The highest BCUT2D eigenvalue weighted by Crippen LogP contribution is 2.31. The summed E-state index contributed by atoms with van der Waals surface area (Å²) in [6, 6.07) is 15.1. The van der Waals surface area contributed by atoms with Gasteiger partial charge in [0.05, 0.1) is 12.3 Å². The molecule has 0 atom stereocenters. The molecule has 4 nitrogen and oxygen atoms in total. The predicted molar refractivity (Wildman–Crippen MR) is 90.8 cm³/mol. The summed E-state index contributed by atoms with van der Waals surface area (Å²) < 4.78 is 5.99. The molecule has 0 unspecified atom stereocenters. The second-order valence-corrected chi connectivity index (χ2v) is 5.56. The van der Waals surface area contributed by atoms with Crippen LogP contribution in [-0.2, 0) is 6.42 Å². The van der Waals surface area contributed by atoms with E-state index in [0.29, 0.717) is 6.61 Å². The van der Waals surface area contributed by atoms with Gasteiger partial charge in [-0.1, -0.05) is 30.3 Å². The first-order valence-corrected chi connectivity index (χ1v) is 7.67. The number of nitrogens with one attached hydrogen (secondary N) is 1. The highest BCUT2D eigenvalue weighted by molar-refractivity contribution is 5.71. The number of aromatic hydroxyl groups is 1. The summed E-state index contributed by atoms with van der Waals surface area (Å²) in [6.45, 7) is 4.60. The molecule has 0 bridgehead atoms. The normalized spacial score (nSPS) is 10.7. The third-order valence-corrected chi connectivity index (χ3v) is 3.93. The Balaban J connectivity index is 1.76. The number of phenolic OH excluding ortho intramolecular Hbond substituents is 1. The molecule has 3 rings (SSSR count). The monoisotopic (exact) mass is 308 g/mol. The standard InChI is InChI=1S/C19H20N2O2/c1-13-17(14(2)21-20-13)10-11-23-19-9-4-3-8-18(19)15-6-5-7-16(22)12-15/h3-9,12,22H,10-11H2,1-2H3,(H,20,21). The van der Waals surface area contributed by atoms with E-state index in [4.69, 9.17) is 4.74 Å². The van der Waals surface area contributed by atoms with Crippen LogP contribution in [0.2, 0.25) is 0 Å². The second kappa shape index (κ2) is 6.57. The van der Waals surface area contributed by atoms with E-state index in [1.807, 2.05) is 50.2 Å². The lowest BCUT2D eigenvalue weighted by Crippen LogP contribution is -2.03. The molecule has 0 radical (unpaired) electrons. The van der Waals surface area contributed by atoms with Gasteiger partial charge in [-0.15, -0.1) is 0 Å². The Hall–Kier alpha value is -2.75. The molecule has 2 N–H and O–H groups in total. The van der Waals surface area contributed by atoms with E-state index in [0.717, 1.165) is 34.7 Å². The molecule has 4 heteroatoms. The molecule has 0 saturated carbocycles. The predicted octanol–water partition coefficient (Wildman–Crippen LogP) is 4.02. The van der Waals surface area contributed by atoms with Gasteiger partial charge in [0.2, 0.25) is 0 Å². The van der Waals surface area contributed by atoms with Crippen molar-refractivity contribution in [3.8, 4) is 22.6 Å². The van der Waals surface area contributed by atoms with Crippen LogP contribution < -0.4 is 4.74 Å². The number of H-pyrrole nitrogens is 1. The zero-order valence-corrected chi connectivity index (χ0v) is 13.3. The van der Waals surface area contributed by atoms with Gasteiger partial charge >= 0.3 is 0 Å². The van der Waals surface area contributed by atoms with Crippen molar-refractivity contribution in [1.82, 2.24) is 10.2 Å². The third kappa shape index (κ3) is 3.37. The fourth-order valence-corrected chi connectivity index (χ4v) is 2.71. The van der Waals surface area contributed by atoms with Gasteiger partial charge in [-0.3, -0.25) is 5.10 Å². The number of benzene rings is 2. The van der Waals surface area contributed by atoms with Crippen molar-refractivity contribution in [3.05, 3.63) is 65.5 Å². The maximum atomic E-state index is 9.68. The summed E-state index contributed by atoms with van der Waals surface area (Å²) in [5.74, 6) is 1.07. The van der Waals surface area contributed by atoms with Gasteiger partial charge in [-0.05, 0) is 43.2 Å². The van der Waals surface area contributed by atoms with Gasteiger partial charge < -0.3 is 9.84 Å². The number of hydrogen-bond acceptors (Lipinski definition) is 3. The molecule has 1 heterocycles. The summed E-state index contributed by atoms with van der Waals surface area (Å²) in [6.07, 6.45) is 0.808. The molecule has 0 saturated heterocycles. The zero-order valence-electron chi connectivity index (χ0n) is 13.3. The number of aryl methyl sites for hydroxylation is 2. The van der Waals surface area contributed by atoms with Crippen LogP contribution in [0.4, 0.5) is 0 Å². The van der Waals surface area contributed by atoms with Crippen LogP contribution in [0.15, 0.2) is 48.5 Å². The van der Waals surface area contributed by atoms with E-state index in [2.05, 4.69) is 10.2 Å². The molecule has 0 aliphatic carbocycles. The Labute approximate surface area is 135 Å². The molecular weight excluding hydrogens is 288 g/mol. The Bertz CT molecular complexity index is 789. The van der Waals surface area contributed by atoms with Crippen molar-refractivity contribution in [2.24, 2.45) is 0 Å². The summed E-state index contributed by atoms with van der Waals surface area (Å²) >= 11 is 0. The van der Waals surface area contributed by atoms with Crippen molar-refractivity contribution in [2.45, 2.75) is 20.3 Å². The number of ether oxygens (including phenoxy) is 1. The number of hydrogen-bond donors (Lipinski definition) is 2. The van der Waals surface area contributed by atoms with Crippen molar-refractivity contribution in [1.29, 1.82) is 0 Å². The average Bonchev–Trinajstić information content (AvgIpc) is 2.87. The smallest absolute Gasteiger partial charge is 0.127 e. The summed E-state index contributed by atoms with van der Waals surface area (Å²) in [5, 5.41) is 16.9. The Kier molecular flexibility index (Phi) is 4.33. The summed E-state index contributed by atoms with van der Waals surface area (Å²) in [5.41, 5.74) is 5.24. The minimum absolute atomic E-state index is 0.252. The first-order chi connectivity index (χ1) is 11.1. The molecule has 0 spiro atoms. The van der Waals surface area contributed by atoms with Crippen molar-refractivity contribution >= 4 is 0 Å². The van der Waals surface area contributed by atoms with E-state index >= 15 is 0 Å². The maximum Gasteiger partial charge on any atom is 0.127 e. The molecule has 0 aliphatic rings. The van der Waals surface area contributed by atoms with E-state index in [1.54, 1.807) is 12.1 Å². The minimum Gasteiger partial charge on any atom is -0.508 e. The van der Waals surface area contributed by atoms with Crippen LogP contribution in [0.25, 0.3) is 11.1 Å². The van der Waals surface area contributed by atoms with Crippen LogP contribution in [0.3, 0.4) is 0 Å². The lowest BCUT2D eigenvalue weighted by atomic mass is 10.0. The van der Waals surface area contributed by atoms with Crippen LogP contribution in [0.5, 0.6) is 11.5 Å². The van der Waals surface area contributed by atoms with E-state index in [-0.39, 0.29) is 5.75 Å². The summed E-state index contributed by atoms with van der Waals surface area (Å²) in [4.78, 5) is 0. The Morgan fingerprint density at radius 2 is 1.91 bits per heavy atom. The molecule has 3 aromatic rings. The first-order valence-electron chi connectivity index (χ1n) is 7.67. The Morgan fingerprint density at radius 3 is 2.65 bits per heavy atom. The third-order valence-electron chi connectivity index (χ3n) is 3.93. The van der Waals surface area contributed by atoms with Crippen molar-refractivity contribution < 1.29 is 9.84 Å². The van der Waals surface area contributed by atoms with Crippen LogP contribution >= 0.6 is 0 Å². The largest absolute Gasteiger partial charge is 0.508 e. The quantitative estimate of drug-likeness (QED) is 0.748. The van der Waals surface area contributed by atoms with Gasteiger partial charge in [-0.25, -0.2) is 0 Å². The molecule has 0 aliphatic heterocycles. The van der Waals surface area contributed by atoms with Gasteiger partial charge in [0, 0.05) is 17.7 Å². The van der Waals surface area contributed by atoms with Gasteiger partial charge in [0.1, 0.15) is 11.5 Å². The second-order valence-electron chi connectivity index (χ2n) is 5.56. The van der Waals surface area contributed by atoms with E-state index in [9.17, 15) is 5.11 Å². The zero-order chi connectivity index (χ0) is 16.2. The Morgan fingerprint density at radius 1 is 1.09 bits per heavy atom. The molecule has 118 valence electrons.